The van der Waals surface area contributed by atoms with Gasteiger partial charge in [-0.05, 0) is 12.8 Å². The van der Waals surface area contributed by atoms with Crippen LogP contribution >= 0.6 is 22.9 Å². The first kappa shape index (κ1) is 12.8. The summed E-state index contributed by atoms with van der Waals surface area (Å²) in [5.41, 5.74) is 0.475. The number of carbonyl (C=O) groups is 1. The predicted molar refractivity (Wildman–Crippen MR) is 69.4 cm³/mol. The Balaban J connectivity index is 2.07. The van der Waals surface area contributed by atoms with Crippen molar-refractivity contribution in [3.8, 4) is 0 Å². The molecule has 1 fully saturated rings. The molecule has 1 aliphatic rings. The maximum atomic E-state index is 11.4. The molecule has 2 rings (SSSR count). The first-order valence-corrected chi connectivity index (χ1v) is 6.98. The van der Waals surface area contributed by atoms with Crippen LogP contribution in [0.25, 0.3) is 0 Å². The number of halogens is 1. The fraction of sp³-hybridized carbons (Fsp3) is 0.636. The van der Waals surface area contributed by atoms with Crippen molar-refractivity contribution >= 4 is 33.9 Å². The number of rotatable bonds is 7. The lowest BCUT2D eigenvalue weighted by atomic mass is 10.3. The van der Waals surface area contributed by atoms with E-state index in [1.54, 1.807) is 12.5 Å². The second kappa shape index (κ2) is 5.80. The van der Waals surface area contributed by atoms with Gasteiger partial charge in [-0.1, -0.05) is 0 Å². The van der Waals surface area contributed by atoms with Crippen molar-refractivity contribution in [1.82, 2.24) is 4.98 Å². The second-order valence-electron chi connectivity index (χ2n) is 3.99. The topological polar surface area (TPSA) is 42.4 Å². The maximum Gasteiger partial charge on any atom is 0.196 e. The van der Waals surface area contributed by atoms with Crippen molar-refractivity contribution in [2.75, 3.05) is 31.0 Å². The summed E-state index contributed by atoms with van der Waals surface area (Å²) in [6.07, 6.45) is 2.39. The van der Waals surface area contributed by atoms with E-state index in [0.29, 0.717) is 18.3 Å². The first-order chi connectivity index (χ1) is 8.26. The molecule has 17 heavy (non-hydrogen) atoms. The van der Waals surface area contributed by atoms with Crippen molar-refractivity contribution in [2.45, 2.75) is 18.9 Å². The third kappa shape index (κ3) is 3.18. The van der Waals surface area contributed by atoms with Gasteiger partial charge < -0.3 is 9.64 Å². The number of ether oxygens (including phenoxy) is 1. The molecule has 94 valence electrons. The number of anilines is 1. The fourth-order valence-electron chi connectivity index (χ4n) is 1.60. The van der Waals surface area contributed by atoms with Crippen molar-refractivity contribution < 1.29 is 9.53 Å². The van der Waals surface area contributed by atoms with Crippen molar-refractivity contribution in [2.24, 2.45) is 0 Å². The number of methoxy groups -OCH3 is 1. The fourth-order valence-corrected chi connectivity index (χ4v) is 2.67. The summed E-state index contributed by atoms with van der Waals surface area (Å²) >= 11 is 7.02. The van der Waals surface area contributed by atoms with Crippen LogP contribution < -0.4 is 4.90 Å². The molecule has 0 N–H and O–H groups in total. The van der Waals surface area contributed by atoms with Crippen molar-refractivity contribution in [3.05, 3.63) is 11.1 Å². The molecule has 1 heterocycles. The average molecular weight is 275 g/mol. The molecule has 1 saturated carbocycles. The van der Waals surface area contributed by atoms with Crippen LogP contribution in [0, 0.1) is 0 Å². The molecule has 1 aromatic heterocycles. The van der Waals surface area contributed by atoms with Crippen LogP contribution in [0.3, 0.4) is 0 Å². The van der Waals surface area contributed by atoms with Gasteiger partial charge in [-0.15, -0.1) is 22.9 Å². The highest BCUT2D eigenvalue weighted by Crippen LogP contribution is 2.33. The zero-order valence-corrected chi connectivity index (χ0v) is 11.3. The molecular formula is C11H15ClN2O2S. The molecule has 4 nitrogen and oxygen atoms in total. The van der Waals surface area contributed by atoms with Crippen LogP contribution in [-0.2, 0) is 4.74 Å². The van der Waals surface area contributed by atoms with Crippen molar-refractivity contribution in [3.63, 3.8) is 0 Å². The summed E-state index contributed by atoms with van der Waals surface area (Å²) in [7, 11) is 1.69. The van der Waals surface area contributed by atoms with Crippen molar-refractivity contribution in [1.29, 1.82) is 0 Å². The second-order valence-corrected chi connectivity index (χ2v) is 5.09. The highest BCUT2D eigenvalue weighted by molar-refractivity contribution is 7.14. The van der Waals surface area contributed by atoms with E-state index in [1.165, 1.54) is 24.2 Å². The minimum Gasteiger partial charge on any atom is -0.383 e. The van der Waals surface area contributed by atoms with E-state index in [0.717, 1.165) is 11.7 Å². The lowest BCUT2D eigenvalue weighted by Gasteiger charge is -2.20. The zero-order valence-electron chi connectivity index (χ0n) is 9.69. The number of hydrogen-bond donors (Lipinski definition) is 0. The molecule has 0 saturated heterocycles. The molecule has 0 unspecified atom stereocenters. The molecule has 1 aromatic rings. The molecule has 0 radical (unpaired) electrons. The maximum absolute atomic E-state index is 11.4. The number of hydrogen-bond acceptors (Lipinski definition) is 5. The molecule has 0 aliphatic heterocycles. The summed E-state index contributed by atoms with van der Waals surface area (Å²) in [6, 6.07) is 0.565. The zero-order chi connectivity index (χ0) is 12.3. The smallest absolute Gasteiger partial charge is 0.196 e. The number of nitrogens with zero attached hydrogens (tertiary/aromatic N) is 2. The molecule has 0 amide bonds. The van der Waals surface area contributed by atoms with E-state index < -0.39 is 0 Å². The Hall–Kier alpha value is -0.650. The summed E-state index contributed by atoms with van der Waals surface area (Å²) in [5, 5.41) is 2.68. The lowest BCUT2D eigenvalue weighted by molar-refractivity contribution is 0.101. The lowest BCUT2D eigenvalue weighted by Crippen LogP contribution is -2.29. The standard InChI is InChI=1S/C11H15ClN2O2S/c1-16-5-4-14(8-2-3-8)11-13-9(7-17-11)10(15)6-12/h7-8H,2-6H2,1H3. The molecule has 1 aliphatic carbocycles. The van der Waals surface area contributed by atoms with Gasteiger partial charge in [0.2, 0.25) is 0 Å². The number of alkyl halides is 1. The highest BCUT2D eigenvalue weighted by Gasteiger charge is 2.30. The van der Waals surface area contributed by atoms with Gasteiger partial charge in [0.05, 0.1) is 12.5 Å². The monoisotopic (exact) mass is 274 g/mol. The van der Waals surface area contributed by atoms with Gasteiger partial charge in [-0.3, -0.25) is 4.79 Å². The van der Waals surface area contributed by atoms with Gasteiger partial charge in [-0.25, -0.2) is 4.98 Å². The minimum atomic E-state index is -0.114. The van der Waals surface area contributed by atoms with Crippen LogP contribution in [0.4, 0.5) is 5.13 Å². The number of Topliss-reactive ketones (excluding diaryl/α,β-unsaturated/α-hetero) is 1. The number of thiazole rings is 1. The normalized spacial score (nSPS) is 14.9. The molecule has 0 bridgehead atoms. The number of aromatic nitrogens is 1. The first-order valence-electron chi connectivity index (χ1n) is 5.56. The van der Waals surface area contributed by atoms with Crippen LogP contribution in [0.2, 0.25) is 0 Å². The molecule has 0 spiro atoms. The summed E-state index contributed by atoms with van der Waals surface area (Å²) < 4.78 is 5.09. The molecule has 0 aromatic carbocycles. The van der Waals surface area contributed by atoms with Crippen LogP contribution in [0.15, 0.2) is 5.38 Å². The van der Waals surface area contributed by atoms with Gasteiger partial charge in [0.1, 0.15) is 5.69 Å². The Morgan fingerprint density at radius 1 is 1.71 bits per heavy atom. The predicted octanol–water partition coefficient (Wildman–Crippen LogP) is 2.18. The number of carbonyl (C=O) groups excluding carboxylic acids is 1. The summed E-state index contributed by atoms with van der Waals surface area (Å²) in [5.74, 6) is -0.123. The Morgan fingerprint density at radius 2 is 2.47 bits per heavy atom. The molecule has 6 heteroatoms. The quantitative estimate of drug-likeness (QED) is 0.565. The van der Waals surface area contributed by atoms with Crippen LogP contribution in [0.5, 0.6) is 0 Å². The van der Waals surface area contributed by atoms with Gasteiger partial charge in [0.25, 0.3) is 0 Å². The Morgan fingerprint density at radius 3 is 3.06 bits per heavy atom. The van der Waals surface area contributed by atoms with E-state index in [2.05, 4.69) is 9.88 Å². The van der Waals surface area contributed by atoms with Gasteiger partial charge >= 0.3 is 0 Å². The van der Waals surface area contributed by atoms with E-state index >= 15 is 0 Å². The van der Waals surface area contributed by atoms with Gasteiger partial charge in [0.15, 0.2) is 10.9 Å². The van der Waals surface area contributed by atoms with Gasteiger partial charge in [-0.2, -0.15) is 0 Å². The van der Waals surface area contributed by atoms with E-state index in [9.17, 15) is 4.79 Å². The van der Waals surface area contributed by atoms with Crippen LogP contribution in [0.1, 0.15) is 23.3 Å². The largest absolute Gasteiger partial charge is 0.383 e. The van der Waals surface area contributed by atoms with E-state index in [4.69, 9.17) is 16.3 Å². The summed E-state index contributed by atoms with van der Waals surface area (Å²) in [4.78, 5) is 18.0. The third-order valence-corrected chi connectivity index (χ3v) is 3.79. The Bertz CT molecular complexity index is 393. The Kier molecular flexibility index (Phi) is 4.36. The third-order valence-electron chi connectivity index (χ3n) is 2.67. The van der Waals surface area contributed by atoms with Gasteiger partial charge in [0, 0.05) is 25.1 Å². The highest BCUT2D eigenvalue weighted by atomic mass is 35.5. The van der Waals surface area contributed by atoms with Crippen LogP contribution in [-0.4, -0.2) is 43.0 Å². The van der Waals surface area contributed by atoms with E-state index in [-0.39, 0.29) is 11.7 Å². The summed E-state index contributed by atoms with van der Waals surface area (Å²) in [6.45, 7) is 1.50. The molecular weight excluding hydrogens is 260 g/mol. The minimum absolute atomic E-state index is 0.00925. The average Bonchev–Trinajstić information content (AvgIpc) is 3.06. The SMILES string of the molecule is COCCN(c1nc(C(=O)CCl)cs1)C1CC1. The molecule has 0 atom stereocenters. The Labute approximate surface area is 110 Å². The number of ketones is 1. The van der Waals surface area contributed by atoms with E-state index in [1.807, 2.05) is 0 Å².